The number of methoxy groups -OCH3 is 3. The summed E-state index contributed by atoms with van der Waals surface area (Å²) in [5.41, 5.74) is 4.04. The summed E-state index contributed by atoms with van der Waals surface area (Å²) in [6.45, 7) is 4.53. The Morgan fingerprint density at radius 3 is 2.21 bits per heavy atom. The number of ether oxygens (including phenoxy) is 3. The van der Waals surface area contributed by atoms with Crippen LogP contribution in [0.5, 0.6) is 17.2 Å². The Kier molecular flexibility index (Phi) is 6.38. The molecule has 0 saturated carbocycles. The molecular formula is C20H25IO3. The fraction of sp³-hybridized carbons (Fsp3) is 0.400. The molecule has 0 aliphatic heterocycles. The molecule has 0 unspecified atom stereocenters. The molecule has 0 saturated heterocycles. The van der Waals surface area contributed by atoms with E-state index in [9.17, 15) is 0 Å². The largest absolute Gasteiger partial charge is 0.493 e. The first-order valence-corrected chi connectivity index (χ1v) is 9.15. The number of halogens is 1. The van der Waals surface area contributed by atoms with Crippen molar-refractivity contribution in [1.29, 1.82) is 0 Å². The van der Waals surface area contributed by atoms with E-state index in [0.717, 1.165) is 18.4 Å². The lowest BCUT2D eigenvalue weighted by Gasteiger charge is -2.26. The Labute approximate surface area is 158 Å². The Morgan fingerprint density at radius 1 is 1.12 bits per heavy atom. The van der Waals surface area contributed by atoms with Crippen LogP contribution in [0.4, 0.5) is 0 Å². The second kappa shape index (κ2) is 8.10. The lowest BCUT2D eigenvalue weighted by atomic mass is 9.79. The number of hydrogen-bond acceptors (Lipinski definition) is 3. The van der Waals surface area contributed by atoms with Crippen molar-refractivity contribution < 1.29 is 14.2 Å². The van der Waals surface area contributed by atoms with E-state index in [1.807, 2.05) is 12.1 Å². The molecule has 4 heteroatoms. The van der Waals surface area contributed by atoms with Crippen LogP contribution in [0, 0.1) is 5.41 Å². The Hall–Kier alpha value is -1.43. The molecule has 0 N–H and O–H groups in total. The van der Waals surface area contributed by atoms with Gasteiger partial charge in [0.1, 0.15) is 0 Å². The average molecular weight is 440 g/mol. The molecule has 0 heterocycles. The number of hydrogen-bond donors (Lipinski definition) is 0. The van der Waals surface area contributed by atoms with Crippen molar-refractivity contribution in [3.63, 3.8) is 0 Å². The molecule has 0 aromatic heterocycles. The molecule has 24 heavy (non-hydrogen) atoms. The molecule has 0 atom stereocenters. The molecule has 1 aromatic rings. The van der Waals surface area contributed by atoms with Crippen molar-refractivity contribution in [3.8, 4) is 17.2 Å². The summed E-state index contributed by atoms with van der Waals surface area (Å²) >= 11 is 2.33. The molecular weight excluding hydrogens is 415 g/mol. The van der Waals surface area contributed by atoms with E-state index in [4.69, 9.17) is 14.2 Å². The second-order valence-electron chi connectivity index (χ2n) is 6.56. The van der Waals surface area contributed by atoms with Crippen LogP contribution < -0.4 is 14.2 Å². The van der Waals surface area contributed by atoms with E-state index in [2.05, 4.69) is 58.7 Å². The van der Waals surface area contributed by atoms with E-state index >= 15 is 0 Å². The minimum absolute atomic E-state index is 0.199. The van der Waals surface area contributed by atoms with Crippen molar-refractivity contribution >= 4 is 22.6 Å². The van der Waals surface area contributed by atoms with Crippen molar-refractivity contribution in [2.24, 2.45) is 5.41 Å². The lowest BCUT2D eigenvalue weighted by molar-refractivity contribution is 0.324. The summed E-state index contributed by atoms with van der Waals surface area (Å²) < 4.78 is 18.5. The third-order valence-electron chi connectivity index (χ3n) is 4.15. The van der Waals surface area contributed by atoms with E-state index in [1.54, 1.807) is 21.3 Å². The van der Waals surface area contributed by atoms with Gasteiger partial charge >= 0.3 is 0 Å². The standard InChI is InChI=1S/C20H25IO3/c1-20(2)8-6-7-15(12-20)16(13-21)9-14-10-17(22-3)19(24-5)18(11-14)23-4/h6-8,10-11,13H,9,12H2,1-5H3. The highest BCUT2D eigenvalue weighted by molar-refractivity contribution is 14.1. The Morgan fingerprint density at radius 2 is 1.75 bits per heavy atom. The molecule has 0 bridgehead atoms. The summed E-state index contributed by atoms with van der Waals surface area (Å²) in [5.74, 6) is 2.01. The lowest BCUT2D eigenvalue weighted by Crippen LogP contribution is -2.13. The highest BCUT2D eigenvalue weighted by Gasteiger charge is 2.21. The summed E-state index contributed by atoms with van der Waals surface area (Å²) in [5, 5.41) is 0. The molecule has 1 aliphatic carbocycles. The van der Waals surface area contributed by atoms with Crippen LogP contribution in [0.25, 0.3) is 0 Å². The van der Waals surface area contributed by atoms with Gasteiger partial charge in [-0.05, 0) is 51.2 Å². The van der Waals surface area contributed by atoms with Crippen LogP contribution in [-0.4, -0.2) is 21.3 Å². The van der Waals surface area contributed by atoms with Crippen molar-refractivity contribution in [2.75, 3.05) is 21.3 Å². The molecule has 1 aromatic carbocycles. The normalized spacial score (nSPS) is 16.6. The minimum Gasteiger partial charge on any atom is -0.493 e. The molecule has 0 fully saturated rings. The fourth-order valence-electron chi connectivity index (χ4n) is 2.93. The predicted octanol–water partition coefficient (Wildman–Crippen LogP) is 5.49. The van der Waals surface area contributed by atoms with E-state index in [-0.39, 0.29) is 5.41 Å². The van der Waals surface area contributed by atoms with Crippen LogP contribution in [0.1, 0.15) is 25.8 Å². The summed E-state index contributed by atoms with van der Waals surface area (Å²) in [4.78, 5) is 0. The maximum atomic E-state index is 5.46. The topological polar surface area (TPSA) is 27.7 Å². The van der Waals surface area contributed by atoms with E-state index < -0.39 is 0 Å². The van der Waals surface area contributed by atoms with Crippen LogP contribution >= 0.6 is 22.6 Å². The van der Waals surface area contributed by atoms with Gasteiger partial charge < -0.3 is 14.2 Å². The minimum atomic E-state index is 0.199. The Bertz CT molecular complexity index is 659. The average Bonchev–Trinajstić information content (AvgIpc) is 2.57. The highest BCUT2D eigenvalue weighted by atomic mass is 127. The van der Waals surface area contributed by atoms with E-state index in [0.29, 0.717) is 17.2 Å². The van der Waals surface area contributed by atoms with Gasteiger partial charge in [0.05, 0.1) is 21.3 Å². The van der Waals surface area contributed by atoms with Gasteiger partial charge in [0.2, 0.25) is 5.75 Å². The summed E-state index contributed by atoms with van der Waals surface area (Å²) in [6, 6.07) is 4.04. The molecule has 3 nitrogen and oxygen atoms in total. The van der Waals surface area contributed by atoms with Crippen LogP contribution in [-0.2, 0) is 6.42 Å². The summed E-state index contributed by atoms with van der Waals surface area (Å²) in [7, 11) is 4.91. The van der Waals surface area contributed by atoms with Gasteiger partial charge in [0.15, 0.2) is 11.5 Å². The molecule has 0 spiro atoms. The van der Waals surface area contributed by atoms with Gasteiger partial charge in [0.25, 0.3) is 0 Å². The molecule has 0 radical (unpaired) electrons. The van der Waals surface area contributed by atoms with Gasteiger partial charge in [-0.15, -0.1) is 0 Å². The summed E-state index contributed by atoms with van der Waals surface area (Å²) in [6.07, 6.45) is 8.51. The quantitative estimate of drug-likeness (QED) is 0.548. The highest BCUT2D eigenvalue weighted by Crippen LogP contribution is 2.40. The predicted molar refractivity (Wildman–Crippen MR) is 108 cm³/mol. The zero-order chi connectivity index (χ0) is 17.7. The van der Waals surface area contributed by atoms with Crippen molar-refractivity contribution in [3.05, 3.63) is 51.2 Å². The first kappa shape index (κ1) is 18.9. The Balaban J connectivity index is 2.32. The second-order valence-corrected chi connectivity index (χ2v) is 7.18. The first-order chi connectivity index (χ1) is 11.4. The number of allylic oxidation sites excluding steroid dienone is 5. The monoisotopic (exact) mass is 440 g/mol. The zero-order valence-corrected chi connectivity index (χ0v) is 17.1. The smallest absolute Gasteiger partial charge is 0.203 e. The van der Waals surface area contributed by atoms with Crippen LogP contribution in [0.15, 0.2) is 45.6 Å². The zero-order valence-electron chi connectivity index (χ0n) is 15.0. The molecule has 1 aliphatic rings. The third kappa shape index (κ3) is 4.35. The van der Waals surface area contributed by atoms with Gasteiger partial charge in [-0.1, -0.05) is 54.7 Å². The van der Waals surface area contributed by atoms with Gasteiger partial charge in [-0.2, -0.15) is 0 Å². The SMILES string of the molecule is COc1cc(CC(=CI)C2=CC=CC(C)(C)C2)cc(OC)c1OC. The maximum absolute atomic E-state index is 5.46. The molecule has 130 valence electrons. The van der Waals surface area contributed by atoms with Gasteiger partial charge in [-0.25, -0.2) is 0 Å². The van der Waals surface area contributed by atoms with Crippen molar-refractivity contribution in [1.82, 2.24) is 0 Å². The van der Waals surface area contributed by atoms with Crippen LogP contribution in [0.3, 0.4) is 0 Å². The fourth-order valence-corrected chi connectivity index (χ4v) is 3.55. The third-order valence-corrected chi connectivity index (χ3v) is 4.91. The molecule has 2 rings (SSSR count). The first-order valence-electron chi connectivity index (χ1n) is 7.91. The van der Waals surface area contributed by atoms with Gasteiger partial charge in [0, 0.05) is 0 Å². The van der Waals surface area contributed by atoms with Crippen LogP contribution in [0.2, 0.25) is 0 Å². The molecule has 0 amide bonds. The number of rotatable bonds is 6. The number of benzene rings is 1. The van der Waals surface area contributed by atoms with Gasteiger partial charge in [-0.3, -0.25) is 0 Å². The van der Waals surface area contributed by atoms with E-state index in [1.165, 1.54) is 11.1 Å². The maximum Gasteiger partial charge on any atom is 0.203 e. The van der Waals surface area contributed by atoms with Crippen molar-refractivity contribution in [2.45, 2.75) is 26.7 Å².